The third kappa shape index (κ3) is 5.64. The molecule has 4 aliphatic carbocycles. The zero-order chi connectivity index (χ0) is 35.0. The average Bonchev–Trinajstić information content (AvgIpc) is 3.64. The number of fused-ring (bicyclic) bond motifs is 5. The van der Waals surface area contributed by atoms with Gasteiger partial charge in [-0.1, -0.05) is 6.92 Å². The number of cyclic esters (lactones) is 1. The standard InChI is InChI=1S/C35H54O14/c1-16-30(49-32-28(42)26(40)25(39)23(13-36)48-32)27(41)29(43)31(46-16)47-19-5-9-34(15-37)18(12-19)3-4-22-21(34)6-8-33(2)20(7-10-35(22,33)44)17-11-24(38)45-14-17/h11,16,18-23,25-32,36-37,39-44H,3-10,12-15H2,1-2H3/t16-,18-,19-,20+,21-,22+,23+,25+,26-,27-,28+,29+,30-,31-,32-,33+,34+,35-/m0/s1. The SMILES string of the molecule is C[C@@H]1O[C@@H](O[C@H]2CC[C@@]3(CO)[C@@H](CC[C@@H]4[C@@H]3CC[C@]3(C)[C@@H](C5=CC(=O)OC5)CC[C@]43O)C2)[C@H](O)[C@H](O)[C@H]1O[C@@H]1O[C@H](CO)[C@@H](O)[C@H](O)[C@H]1O. The molecule has 0 amide bonds. The van der Waals surface area contributed by atoms with Crippen molar-refractivity contribution in [1.29, 1.82) is 0 Å². The second-order valence-corrected chi connectivity index (χ2v) is 16.2. The molecule has 0 aromatic carbocycles. The summed E-state index contributed by atoms with van der Waals surface area (Å²) in [5.74, 6) is 0.104. The van der Waals surface area contributed by atoms with E-state index < -0.39 is 73.6 Å². The predicted octanol–water partition coefficient (Wildman–Crippen LogP) is -0.747. The van der Waals surface area contributed by atoms with Gasteiger partial charge in [0.25, 0.3) is 0 Å². The smallest absolute Gasteiger partial charge is 0.331 e. The van der Waals surface area contributed by atoms with Crippen molar-refractivity contribution in [3.63, 3.8) is 0 Å². The van der Waals surface area contributed by atoms with Crippen LogP contribution in [0, 0.1) is 34.5 Å². The maximum absolute atomic E-state index is 12.5. The van der Waals surface area contributed by atoms with Gasteiger partial charge in [0.2, 0.25) is 0 Å². The summed E-state index contributed by atoms with van der Waals surface area (Å²) in [5.41, 5.74) is -0.641. The predicted molar refractivity (Wildman–Crippen MR) is 167 cm³/mol. The number of aliphatic hydroxyl groups is 8. The van der Waals surface area contributed by atoms with Crippen molar-refractivity contribution in [1.82, 2.24) is 0 Å². The molecule has 49 heavy (non-hydrogen) atoms. The number of hydrogen-bond acceptors (Lipinski definition) is 14. The molecule has 278 valence electrons. The largest absolute Gasteiger partial charge is 0.458 e. The van der Waals surface area contributed by atoms with Gasteiger partial charge in [-0.25, -0.2) is 4.79 Å². The first-order valence-electron chi connectivity index (χ1n) is 18.1. The van der Waals surface area contributed by atoms with Crippen molar-refractivity contribution in [2.75, 3.05) is 19.8 Å². The van der Waals surface area contributed by atoms with Crippen molar-refractivity contribution in [2.24, 2.45) is 34.5 Å². The number of carbonyl (C=O) groups is 1. The first-order valence-corrected chi connectivity index (χ1v) is 18.1. The highest BCUT2D eigenvalue weighted by molar-refractivity contribution is 5.85. The minimum Gasteiger partial charge on any atom is -0.458 e. The molecule has 8 N–H and O–H groups in total. The van der Waals surface area contributed by atoms with E-state index in [1.165, 1.54) is 0 Å². The molecule has 0 aromatic heterocycles. The molecule has 0 spiro atoms. The lowest BCUT2D eigenvalue weighted by atomic mass is 9.43. The highest BCUT2D eigenvalue weighted by Gasteiger charge is 2.68. The Morgan fingerprint density at radius 2 is 1.57 bits per heavy atom. The van der Waals surface area contributed by atoms with E-state index in [9.17, 15) is 45.6 Å². The van der Waals surface area contributed by atoms with Crippen molar-refractivity contribution >= 4 is 5.97 Å². The van der Waals surface area contributed by atoms with Crippen molar-refractivity contribution in [3.05, 3.63) is 11.6 Å². The maximum atomic E-state index is 12.5. The fourth-order valence-corrected chi connectivity index (χ4v) is 11.4. The molecular formula is C35H54O14. The molecule has 14 heteroatoms. The van der Waals surface area contributed by atoms with Crippen LogP contribution >= 0.6 is 0 Å². The van der Waals surface area contributed by atoms with Crippen LogP contribution < -0.4 is 0 Å². The Bertz CT molecular complexity index is 1260. The Hall–Kier alpha value is -1.27. The van der Waals surface area contributed by atoms with E-state index in [0.29, 0.717) is 32.3 Å². The number of hydrogen-bond donors (Lipinski definition) is 8. The monoisotopic (exact) mass is 698 g/mol. The molecule has 18 atom stereocenters. The molecule has 7 rings (SSSR count). The Kier molecular flexibility index (Phi) is 9.80. The van der Waals surface area contributed by atoms with E-state index in [-0.39, 0.29) is 53.2 Å². The van der Waals surface area contributed by atoms with Gasteiger partial charge in [-0.05, 0) is 99.4 Å². The molecule has 2 saturated heterocycles. The third-order valence-corrected chi connectivity index (χ3v) is 14.2. The molecule has 0 radical (unpaired) electrons. The molecule has 7 aliphatic rings. The summed E-state index contributed by atoms with van der Waals surface area (Å²) in [4.78, 5) is 11.9. The van der Waals surface area contributed by atoms with E-state index in [1.807, 2.05) is 0 Å². The maximum Gasteiger partial charge on any atom is 0.331 e. The van der Waals surface area contributed by atoms with E-state index in [4.69, 9.17) is 23.7 Å². The Labute approximate surface area is 285 Å². The summed E-state index contributed by atoms with van der Waals surface area (Å²) < 4.78 is 28.7. The second kappa shape index (κ2) is 13.3. The summed E-state index contributed by atoms with van der Waals surface area (Å²) in [6, 6.07) is 0. The van der Waals surface area contributed by atoms with Crippen LogP contribution in [0.2, 0.25) is 0 Å². The lowest BCUT2D eigenvalue weighted by molar-refractivity contribution is -0.360. The minimum absolute atomic E-state index is 0.0184. The first kappa shape index (κ1) is 36.1. The molecule has 4 saturated carbocycles. The van der Waals surface area contributed by atoms with E-state index in [1.54, 1.807) is 13.0 Å². The quantitative estimate of drug-likeness (QED) is 0.121. The van der Waals surface area contributed by atoms with Crippen molar-refractivity contribution in [3.8, 4) is 0 Å². The minimum atomic E-state index is -1.67. The van der Waals surface area contributed by atoms with Gasteiger partial charge in [-0.15, -0.1) is 0 Å². The lowest BCUT2D eigenvalue weighted by Gasteiger charge is -2.64. The molecule has 14 nitrogen and oxygen atoms in total. The summed E-state index contributed by atoms with van der Waals surface area (Å²) in [5, 5.41) is 85.8. The fourth-order valence-electron chi connectivity index (χ4n) is 11.4. The zero-order valence-corrected chi connectivity index (χ0v) is 28.3. The summed E-state index contributed by atoms with van der Waals surface area (Å²) in [6.45, 7) is 3.47. The van der Waals surface area contributed by atoms with Crippen molar-refractivity contribution < 1.29 is 69.3 Å². The van der Waals surface area contributed by atoms with Crippen LogP contribution in [-0.2, 0) is 28.5 Å². The van der Waals surface area contributed by atoms with Gasteiger partial charge in [0.15, 0.2) is 12.6 Å². The van der Waals surface area contributed by atoms with Gasteiger partial charge in [0.1, 0.15) is 49.3 Å². The van der Waals surface area contributed by atoms with Crippen LogP contribution in [0.15, 0.2) is 11.6 Å². The molecular weight excluding hydrogens is 644 g/mol. The van der Waals surface area contributed by atoms with Gasteiger partial charge in [-0.3, -0.25) is 0 Å². The normalized spacial score (nSPS) is 54.4. The van der Waals surface area contributed by atoms with Gasteiger partial charge >= 0.3 is 5.97 Å². The molecule has 0 unspecified atom stereocenters. The van der Waals surface area contributed by atoms with Gasteiger partial charge < -0.3 is 64.5 Å². The first-order chi connectivity index (χ1) is 23.3. The van der Waals surface area contributed by atoms with Crippen LogP contribution in [0.5, 0.6) is 0 Å². The van der Waals surface area contributed by atoms with Gasteiger partial charge in [0, 0.05) is 18.1 Å². The number of esters is 1. The summed E-state index contributed by atoms with van der Waals surface area (Å²) in [7, 11) is 0. The zero-order valence-electron chi connectivity index (χ0n) is 28.3. The number of rotatable bonds is 7. The van der Waals surface area contributed by atoms with E-state index in [0.717, 1.165) is 37.7 Å². The van der Waals surface area contributed by atoms with Gasteiger partial charge in [-0.2, -0.15) is 0 Å². The summed E-state index contributed by atoms with van der Waals surface area (Å²) in [6.07, 6.45) is -5.76. The van der Waals surface area contributed by atoms with Gasteiger partial charge in [0.05, 0.1) is 24.4 Å². The topological polar surface area (TPSA) is 225 Å². The van der Waals surface area contributed by atoms with Crippen LogP contribution in [-0.4, -0.2) is 140 Å². The highest BCUT2D eigenvalue weighted by Crippen LogP contribution is 2.70. The highest BCUT2D eigenvalue weighted by atomic mass is 16.7. The van der Waals surface area contributed by atoms with Crippen LogP contribution in [0.4, 0.5) is 0 Å². The Morgan fingerprint density at radius 1 is 0.837 bits per heavy atom. The second-order valence-electron chi connectivity index (χ2n) is 16.2. The molecule has 0 aromatic rings. The Balaban J connectivity index is 0.995. The number of carbonyl (C=O) groups excluding carboxylic acids is 1. The van der Waals surface area contributed by atoms with Crippen LogP contribution in [0.25, 0.3) is 0 Å². The average molecular weight is 699 g/mol. The van der Waals surface area contributed by atoms with Crippen molar-refractivity contribution in [2.45, 2.75) is 145 Å². The molecule has 0 bridgehead atoms. The summed E-state index contributed by atoms with van der Waals surface area (Å²) >= 11 is 0. The molecule has 3 heterocycles. The molecule has 6 fully saturated rings. The van der Waals surface area contributed by atoms with E-state index in [2.05, 4.69) is 6.92 Å². The number of ether oxygens (including phenoxy) is 5. The van der Waals surface area contributed by atoms with E-state index >= 15 is 0 Å². The van der Waals surface area contributed by atoms with Crippen LogP contribution in [0.3, 0.4) is 0 Å². The Morgan fingerprint density at radius 3 is 2.27 bits per heavy atom. The van der Waals surface area contributed by atoms with Crippen LogP contribution in [0.1, 0.15) is 71.6 Å². The third-order valence-electron chi connectivity index (χ3n) is 14.2. The number of aliphatic hydroxyl groups excluding tert-OH is 7. The molecule has 3 aliphatic heterocycles. The lowest BCUT2D eigenvalue weighted by Crippen LogP contribution is -2.64. The fraction of sp³-hybridized carbons (Fsp3) is 0.914.